The maximum Gasteiger partial charge on any atom is 0.341 e. The number of esters is 2. The molecule has 0 bridgehead atoms. The van der Waals surface area contributed by atoms with Crippen LogP contribution in [-0.4, -0.2) is 29.6 Å². The van der Waals surface area contributed by atoms with Gasteiger partial charge in [0.25, 0.3) is 0 Å². The summed E-state index contributed by atoms with van der Waals surface area (Å²) in [5.41, 5.74) is 0.290. The fourth-order valence-electron chi connectivity index (χ4n) is 2.40. The highest BCUT2D eigenvalue weighted by atomic mass is 19.1. The van der Waals surface area contributed by atoms with Gasteiger partial charge < -0.3 is 14.6 Å². The molecule has 24 heavy (non-hydrogen) atoms. The Kier molecular flexibility index (Phi) is 5.28. The van der Waals surface area contributed by atoms with E-state index >= 15 is 0 Å². The second kappa shape index (κ2) is 7.20. The van der Waals surface area contributed by atoms with Crippen LogP contribution in [0.25, 0.3) is 0 Å². The quantitative estimate of drug-likeness (QED) is 0.630. The molecule has 2 rings (SSSR count). The molecular weight excluding hydrogens is 326 g/mol. The molecule has 0 saturated heterocycles. The number of carbonyl (C=O) groups excluding carboxylic acids is 2. The van der Waals surface area contributed by atoms with E-state index in [4.69, 9.17) is 9.84 Å². The predicted octanol–water partition coefficient (Wildman–Crippen LogP) is 2.07. The van der Waals surface area contributed by atoms with Crippen LogP contribution in [0.2, 0.25) is 0 Å². The molecule has 0 radical (unpaired) electrons. The van der Waals surface area contributed by atoms with Crippen molar-refractivity contribution < 1.29 is 37.7 Å². The maximum absolute atomic E-state index is 13.6. The number of fused-ring (bicyclic) bond motifs is 1. The molecule has 1 aliphatic rings. The molecule has 1 aromatic carbocycles. The van der Waals surface area contributed by atoms with Crippen molar-refractivity contribution in [3.63, 3.8) is 0 Å². The number of hydrogen-bond donors (Lipinski definition) is 1. The highest BCUT2D eigenvalue weighted by Gasteiger charge is 2.29. The smallest absolute Gasteiger partial charge is 0.341 e. The van der Waals surface area contributed by atoms with Gasteiger partial charge in [0, 0.05) is 17.2 Å². The van der Waals surface area contributed by atoms with Crippen molar-refractivity contribution in [2.45, 2.75) is 25.4 Å². The van der Waals surface area contributed by atoms with Gasteiger partial charge in [0.2, 0.25) is 0 Å². The average Bonchev–Trinajstić information content (AvgIpc) is 2.87. The summed E-state index contributed by atoms with van der Waals surface area (Å²) in [7, 11) is 0. The standard InChI is InChI=1S/C16H14F2O6/c1-8(16(22)23-7-14(19)20)4-15(21)24-13-3-2-10-11(13)5-9(17)6-12(10)18/h5-6,13H,1-4,7H2,(H,19,20). The summed E-state index contributed by atoms with van der Waals surface area (Å²) in [6.07, 6.45) is -0.707. The van der Waals surface area contributed by atoms with Gasteiger partial charge in [-0.05, 0) is 24.5 Å². The van der Waals surface area contributed by atoms with E-state index in [2.05, 4.69) is 11.3 Å². The summed E-state index contributed by atoms with van der Waals surface area (Å²) in [6, 6.07) is 1.88. The lowest BCUT2D eigenvalue weighted by atomic mass is 10.1. The summed E-state index contributed by atoms with van der Waals surface area (Å²) in [4.78, 5) is 33.5. The Morgan fingerprint density at radius 1 is 1.29 bits per heavy atom. The fraction of sp³-hybridized carbons (Fsp3) is 0.312. The van der Waals surface area contributed by atoms with Gasteiger partial charge in [-0.2, -0.15) is 0 Å². The molecule has 0 amide bonds. The Balaban J connectivity index is 1.94. The van der Waals surface area contributed by atoms with Crippen LogP contribution in [0.5, 0.6) is 0 Å². The molecule has 8 heteroatoms. The van der Waals surface area contributed by atoms with Gasteiger partial charge in [0.15, 0.2) is 6.61 Å². The summed E-state index contributed by atoms with van der Waals surface area (Å²) in [6.45, 7) is 2.49. The lowest BCUT2D eigenvalue weighted by Crippen LogP contribution is -2.17. The van der Waals surface area contributed by atoms with Crippen molar-refractivity contribution in [3.05, 3.63) is 47.0 Å². The van der Waals surface area contributed by atoms with Crippen LogP contribution >= 0.6 is 0 Å². The second-order valence-corrected chi connectivity index (χ2v) is 5.22. The third-order valence-corrected chi connectivity index (χ3v) is 3.45. The van der Waals surface area contributed by atoms with Crippen LogP contribution in [0.3, 0.4) is 0 Å². The zero-order chi connectivity index (χ0) is 17.9. The highest BCUT2D eigenvalue weighted by Crippen LogP contribution is 2.36. The van der Waals surface area contributed by atoms with Crippen LogP contribution < -0.4 is 0 Å². The number of carboxylic acids is 1. The van der Waals surface area contributed by atoms with E-state index < -0.39 is 48.7 Å². The third kappa shape index (κ3) is 4.15. The first-order chi connectivity index (χ1) is 11.3. The van der Waals surface area contributed by atoms with Gasteiger partial charge in [-0.1, -0.05) is 6.58 Å². The summed E-state index contributed by atoms with van der Waals surface area (Å²) in [5.74, 6) is -4.65. The summed E-state index contributed by atoms with van der Waals surface area (Å²) >= 11 is 0. The first-order valence-electron chi connectivity index (χ1n) is 7.02. The van der Waals surface area contributed by atoms with E-state index in [9.17, 15) is 23.2 Å². The SMILES string of the molecule is C=C(CC(=O)OC1CCc2c(F)cc(F)cc21)C(=O)OCC(=O)O. The minimum absolute atomic E-state index is 0.264. The number of benzene rings is 1. The van der Waals surface area contributed by atoms with Gasteiger partial charge in [-0.25, -0.2) is 18.4 Å². The Labute approximate surface area is 135 Å². The number of carboxylic acid groups (broad SMARTS) is 1. The van der Waals surface area contributed by atoms with Crippen LogP contribution in [0.1, 0.15) is 30.1 Å². The van der Waals surface area contributed by atoms with Crippen molar-refractivity contribution >= 4 is 17.9 Å². The van der Waals surface area contributed by atoms with E-state index in [1.165, 1.54) is 0 Å². The topological polar surface area (TPSA) is 89.9 Å². The molecule has 0 spiro atoms. The van der Waals surface area contributed by atoms with E-state index in [0.717, 1.165) is 12.1 Å². The zero-order valence-corrected chi connectivity index (χ0v) is 12.5. The van der Waals surface area contributed by atoms with E-state index in [1.54, 1.807) is 0 Å². The Bertz CT molecular complexity index is 713. The van der Waals surface area contributed by atoms with Crippen molar-refractivity contribution in [2.75, 3.05) is 6.61 Å². The van der Waals surface area contributed by atoms with Crippen molar-refractivity contribution in [3.8, 4) is 0 Å². The molecule has 0 aliphatic heterocycles. The van der Waals surface area contributed by atoms with E-state index in [0.29, 0.717) is 18.4 Å². The number of halogens is 2. The minimum atomic E-state index is -1.34. The van der Waals surface area contributed by atoms with E-state index in [1.807, 2.05) is 0 Å². The number of rotatable bonds is 6. The van der Waals surface area contributed by atoms with Crippen LogP contribution in [0.15, 0.2) is 24.3 Å². The number of carbonyl (C=O) groups is 3. The third-order valence-electron chi connectivity index (χ3n) is 3.45. The monoisotopic (exact) mass is 340 g/mol. The zero-order valence-electron chi connectivity index (χ0n) is 12.5. The van der Waals surface area contributed by atoms with Crippen LogP contribution in [-0.2, 0) is 30.3 Å². The molecule has 1 aliphatic carbocycles. The van der Waals surface area contributed by atoms with Gasteiger partial charge in [0.05, 0.1) is 6.42 Å². The lowest BCUT2D eigenvalue weighted by Gasteiger charge is -2.14. The van der Waals surface area contributed by atoms with Crippen molar-refractivity contribution in [1.82, 2.24) is 0 Å². The molecule has 0 fully saturated rings. The Morgan fingerprint density at radius 3 is 2.67 bits per heavy atom. The van der Waals surface area contributed by atoms with Crippen LogP contribution in [0, 0.1) is 11.6 Å². The Morgan fingerprint density at radius 2 is 2.00 bits per heavy atom. The second-order valence-electron chi connectivity index (χ2n) is 5.22. The summed E-state index contributed by atoms with van der Waals surface area (Å²) in [5, 5.41) is 8.39. The minimum Gasteiger partial charge on any atom is -0.479 e. The largest absolute Gasteiger partial charge is 0.479 e. The highest BCUT2D eigenvalue weighted by molar-refractivity contribution is 5.94. The molecule has 6 nitrogen and oxygen atoms in total. The van der Waals surface area contributed by atoms with Crippen LogP contribution in [0.4, 0.5) is 8.78 Å². The molecule has 0 aromatic heterocycles. The normalized spacial score (nSPS) is 15.5. The van der Waals surface area contributed by atoms with Gasteiger partial charge in [-0.3, -0.25) is 4.79 Å². The molecule has 1 atom stereocenters. The molecule has 1 aromatic rings. The molecule has 128 valence electrons. The number of aliphatic carboxylic acids is 1. The first kappa shape index (κ1) is 17.6. The van der Waals surface area contributed by atoms with Gasteiger partial charge in [-0.15, -0.1) is 0 Å². The Hall–Kier alpha value is -2.77. The summed E-state index contributed by atoms with van der Waals surface area (Å²) < 4.78 is 36.4. The molecule has 1 N–H and O–H groups in total. The number of hydrogen-bond acceptors (Lipinski definition) is 5. The van der Waals surface area contributed by atoms with E-state index in [-0.39, 0.29) is 11.1 Å². The van der Waals surface area contributed by atoms with Crippen molar-refractivity contribution in [1.29, 1.82) is 0 Å². The van der Waals surface area contributed by atoms with Gasteiger partial charge in [0.1, 0.15) is 17.7 Å². The molecule has 1 unspecified atom stereocenters. The van der Waals surface area contributed by atoms with Crippen molar-refractivity contribution in [2.24, 2.45) is 0 Å². The molecular formula is C16H14F2O6. The van der Waals surface area contributed by atoms with Gasteiger partial charge >= 0.3 is 17.9 Å². The predicted molar refractivity (Wildman–Crippen MR) is 75.9 cm³/mol. The fourth-order valence-corrected chi connectivity index (χ4v) is 2.40. The molecule has 0 heterocycles. The lowest BCUT2D eigenvalue weighted by molar-refractivity contribution is -0.154. The maximum atomic E-state index is 13.6. The molecule has 0 saturated carbocycles. The average molecular weight is 340 g/mol. The first-order valence-corrected chi connectivity index (χ1v) is 7.02. The number of ether oxygens (including phenoxy) is 2.